The number of carbonyl (C=O) groups excluding carboxylic acids is 2. The molecule has 9 heteroatoms. The molecule has 2 N–H and O–H groups in total. The van der Waals surface area contributed by atoms with Crippen LogP contribution in [0.2, 0.25) is 0 Å². The molecule has 1 aliphatic rings. The van der Waals surface area contributed by atoms with Crippen LogP contribution in [0.15, 0.2) is 18.2 Å². The quantitative estimate of drug-likeness (QED) is 0.482. The van der Waals surface area contributed by atoms with Crippen LogP contribution in [0.25, 0.3) is 0 Å². The fourth-order valence-corrected chi connectivity index (χ4v) is 3.19. The fraction of sp³-hybridized carbons (Fsp3) is 0.619. The van der Waals surface area contributed by atoms with Crippen LogP contribution in [0, 0.1) is 0 Å². The lowest BCUT2D eigenvalue weighted by Crippen LogP contribution is -2.51. The molecule has 1 aliphatic heterocycles. The van der Waals surface area contributed by atoms with E-state index in [1.165, 1.54) is 0 Å². The Hall–Kier alpha value is -2.36. The summed E-state index contributed by atoms with van der Waals surface area (Å²) in [5.74, 6) is 1.21. The topological polar surface area (TPSA) is 92.4 Å². The number of nitrogens with one attached hydrogen (secondary N) is 2. The molecular weight excluding hydrogens is 388 g/mol. The first-order valence-corrected chi connectivity index (χ1v) is 10.5. The second kappa shape index (κ2) is 13.0. The maximum atomic E-state index is 12.5. The number of hydrogen-bond donors (Lipinski definition) is 2. The normalized spacial score (nSPS) is 14.9. The predicted octanol–water partition coefficient (Wildman–Crippen LogP) is 0.803. The highest BCUT2D eigenvalue weighted by atomic mass is 16.5. The number of piperazine rings is 1. The third-order valence-corrected chi connectivity index (χ3v) is 4.65. The molecule has 0 spiro atoms. The molecule has 1 aromatic carbocycles. The highest BCUT2D eigenvalue weighted by Gasteiger charge is 2.20. The van der Waals surface area contributed by atoms with Crippen LogP contribution < -0.4 is 20.1 Å². The van der Waals surface area contributed by atoms with Crippen LogP contribution in [-0.2, 0) is 14.3 Å². The summed E-state index contributed by atoms with van der Waals surface area (Å²) in [6.07, 6.45) is 0. The smallest absolute Gasteiger partial charge is 0.238 e. The van der Waals surface area contributed by atoms with Crippen molar-refractivity contribution in [2.45, 2.75) is 13.8 Å². The number of carbonyl (C=O) groups is 2. The standard InChI is InChI=1S/C21H34N4O5/c1-4-29-18-7-6-17(14-19(18)30-5-2)23-21(27)16-25-11-9-24(10-12-25)15-20(26)22-8-13-28-3/h6-7,14H,4-5,8-13,15-16H2,1-3H3,(H,22,26)(H,23,27). The molecule has 2 rings (SSSR count). The molecule has 0 unspecified atom stereocenters. The van der Waals surface area contributed by atoms with E-state index in [-0.39, 0.29) is 11.8 Å². The van der Waals surface area contributed by atoms with Gasteiger partial charge in [-0.15, -0.1) is 0 Å². The summed E-state index contributed by atoms with van der Waals surface area (Å²) in [4.78, 5) is 28.5. The monoisotopic (exact) mass is 422 g/mol. The van der Waals surface area contributed by atoms with Crippen molar-refractivity contribution in [1.82, 2.24) is 15.1 Å². The summed E-state index contributed by atoms with van der Waals surface area (Å²) in [5, 5.41) is 5.75. The Morgan fingerprint density at radius 2 is 1.53 bits per heavy atom. The maximum Gasteiger partial charge on any atom is 0.238 e. The molecular formula is C21H34N4O5. The van der Waals surface area contributed by atoms with E-state index < -0.39 is 0 Å². The van der Waals surface area contributed by atoms with Crippen molar-refractivity contribution < 1.29 is 23.8 Å². The highest BCUT2D eigenvalue weighted by Crippen LogP contribution is 2.30. The second-order valence-electron chi connectivity index (χ2n) is 6.97. The minimum atomic E-state index is -0.0765. The molecule has 1 aromatic rings. The van der Waals surface area contributed by atoms with Gasteiger partial charge < -0.3 is 24.8 Å². The van der Waals surface area contributed by atoms with E-state index >= 15 is 0 Å². The Balaban J connectivity index is 1.76. The van der Waals surface area contributed by atoms with E-state index in [9.17, 15) is 9.59 Å². The fourth-order valence-electron chi connectivity index (χ4n) is 3.19. The van der Waals surface area contributed by atoms with Crippen molar-refractivity contribution in [3.05, 3.63) is 18.2 Å². The molecule has 30 heavy (non-hydrogen) atoms. The van der Waals surface area contributed by atoms with E-state index in [2.05, 4.69) is 20.4 Å². The number of anilines is 1. The number of amides is 2. The first-order valence-electron chi connectivity index (χ1n) is 10.5. The van der Waals surface area contributed by atoms with Crippen molar-refractivity contribution in [1.29, 1.82) is 0 Å². The number of benzene rings is 1. The number of methoxy groups -OCH3 is 1. The SMILES string of the molecule is CCOc1ccc(NC(=O)CN2CCN(CC(=O)NCCOC)CC2)cc1OCC. The Bertz CT molecular complexity index is 677. The molecule has 1 heterocycles. The maximum absolute atomic E-state index is 12.5. The molecule has 0 aliphatic carbocycles. The predicted molar refractivity (Wildman–Crippen MR) is 115 cm³/mol. The average Bonchev–Trinajstić information content (AvgIpc) is 2.72. The summed E-state index contributed by atoms with van der Waals surface area (Å²) < 4.78 is 16.1. The third-order valence-electron chi connectivity index (χ3n) is 4.65. The number of ether oxygens (including phenoxy) is 3. The van der Waals surface area contributed by atoms with Crippen molar-refractivity contribution in [3.8, 4) is 11.5 Å². The van der Waals surface area contributed by atoms with Gasteiger partial charge in [-0.1, -0.05) is 0 Å². The van der Waals surface area contributed by atoms with E-state index in [0.717, 1.165) is 26.2 Å². The zero-order valence-corrected chi connectivity index (χ0v) is 18.2. The number of hydrogen-bond acceptors (Lipinski definition) is 7. The van der Waals surface area contributed by atoms with Gasteiger partial charge >= 0.3 is 0 Å². The third kappa shape index (κ3) is 8.17. The van der Waals surface area contributed by atoms with Crippen LogP contribution in [0.3, 0.4) is 0 Å². The minimum absolute atomic E-state index is 0.00107. The van der Waals surface area contributed by atoms with Crippen LogP contribution in [-0.4, -0.2) is 94.4 Å². The Morgan fingerprint density at radius 3 is 2.13 bits per heavy atom. The van der Waals surface area contributed by atoms with Gasteiger partial charge in [0.05, 0.1) is 32.9 Å². The molecule has 0 atom stereocenters. The van der Waals surface area contributed by atoms with E-state index in [0.29, 0.717) is 56.6 Å². The van der Waals surface area contributed by atoms with Gasteiger partial charge in [0, 0.05) is 51.6 Å². The Kier molecular flexibility index (Phi) is 10.4. The molecule has 1 saturated heterocycles. The lowest BCUT2D eigenvalue weighted by molar-refractivity contribution is -0.123. The van der Waals surface area contributed by atoms with Gasteiger partial charge in [-0.25, -0.2) is 0 Å². The zero-order chi connectivity index (χ0) is 21.8. The van der Waals surface area contributed by atoms with Crippen molar-refractivity contribution in [2.24, 2.45) is 0 Å². The molecule has 0 radical (unpaired) electrons. The van der Waals surface area contributed by atoms with Gasteiger partial charge in [-0.05, 0) is 26.0 Å². The summed E-state index contributed by atoms with van der Waals surface area (Å²) >= 11 is 0. The van der Waals surface area contributed by atoms with Crippen LogP contribution in [0.1, 0.15) is 13.8 Å². The molecule has 1 fully saturated rings. The Morgan fingerprint density at radius 1 is 0.933 bits per heavy atom. The molecule has 0 saturated carbocycles. The van der Waals surface area contributed by atoms with Gasteiger partial charge in [-0.3, -0.25) is 19.4 Å². The lowest BCUT2D eigenvalue weighted by atomic mass is 10.2. The van der Waals surface area contributed by atoms with Crippen LogP contribution in [0.4, 0.5) is 5.69 Å². The zero-order valence-electron chi connectivity index (χ0n) is 18.2. The first kappa shape index (κ1) is 23.9. The van der Waals surface area contributed by atoms with Gasteiger partial charge in [0.15, 0.2) is 11.5 Å². The Labute approximate surface area is 178 Å². The molecule has 9 nitrogen and oxygen atoms in total. The number of nitrogens with zero attached hydrogens (tertiary/aromatic N) is 2. The van der Waals surface area contributed by atoms with Gasteiger partial charge in [0.2, 0.25) is 11.8 Å². The lowest BCUT2D eigenvalue weighted by Gasteiger charge is -2.33. The largest absolute Gasteiger partial charge is 0.490 e. The number of rotatable bonds is 12. The van der Waals surface area contributed by atoms with E-state index in [4.69, 9.17) is 14.2 Å². The van der Waals surface area contributed by atoms with Crippen LogP contribution >= 0.6 is 0 Å². The van der Waals surface area contributed by atoms with Gasteiger partial charge in [-0.2, -0.15) is 0 Å². The summed E-state index contributed by atoms with van der Waals surface area (Å²) in [6.45, 7) is 9.59. The van der Waals surface area contributed by atoms with Crippen LogP contribution in [0.5, 0.6) is 11.5 Å². The summed E-state index contributed by atoms with van der Waals surface area (Å²) in [7, 11) is 1.61. The highest BCUT2D eigenvalue weighted by molar-refractivity contribution is 5.92. The second-order valence-corrected chi connectivity index (χ2v) is 6.97. The van der Waals surface area contributed by atoms with Crippen molar-refractivity contribution >= 4 is 17.5 Å². The van der Waals surface area contributed by atoms with Crippen molar-refractivity contribution in [2.75, 3.05) is 78.1 Å². The summed E-state index contributed by atoms with van der Waals surface area (Å²) in [6, 6.07) is 5.40. The van der Waals surface area contributed by atoms with Gasteiger partial charge in [0.25, 0.3) is 0 Å². The molecule has 168 valence electrons. The average molecular weight is 423 g/mol. The molecule has 2 amide bonds. The summed E-state index contributed by atoms with van der Waals surface area (Å²) in [5.41, 5.74) is 0.679. The van der Waals surface area contributed by atoms with E-state index in [1.807, 2.05) is 19.9 Å². The van der Waals surface area contributed by atoms with Gasteiger partial charge in [0.1, 0.15) is 0 Å². The van der Waals surface area contributed by atoms with Crippen molar-refractivity contribution in [3.63, 3.8) is 0 Å². The minimum Gasteiger partial charge on any atom is -0.490 e. The van der Waals surface area contributed by atoms with E-state index in [1.54, 1.807) is 19.2 Å². The molecule has 0 bridgehead atoms. The first-order chi connectivity index (χ1) is 14.5. The molecule has 0 aromatic heterocycles.